The van der Waals surface area contributed by atoms with Crippen LogP contribution >= 0.6 is 11.6 Å². The summed E-state index contributed by atoms with van der Waals surface area (Å²) in [4.78, 5) is 10.7. The predicted octanol–water partition coefficient (Wildman–Crippen LogP) is -0.864. The van der Waals surface area contributed by atoms with Crippen LogP contribution in [0.2, 0.25) is 5.02 Å². The van der Waals surface area contributed by atoms with Crippen LogP contribution in [0.1, 0.15) is 18.7 Å². The first-order chi connectivity index (χ1) is 6.56. The molecule has 0 saturated heterocycles. The number of carbonyl (C=O) groups is 1. The monoisotopic (exact) mass is 255 g/mol. The molecule has 0 aliphatic heterocycles. The second-order valence-electron chi connectivity index (χ2n) is 2.61. The van der Waals surface area contributed by atoms with Crippen LogP contribution in [0.15, 0.2) is 12.1 Å². The summed E-state index contributed by atoms with van der Waals surface area (Å²) in [5, 5.41) is 8.85. The molecule has 0 radical (unpaired) electrons. The first kappa shape index (κ1) is 15.2. The standard InChI is InChI=1S/C9H10ClNO3.K.H/c1-2-14-8-4-6(10)5(9(12)13)3-7(8)11;;/h3-4H,2,11H2,1H3,(H,12,13);;/q;+1;-1. The largest absolute Gasteiger partial charge is 1.00 e. The first-order valence-electron chi connectivity index (χ1n) is 4.01. The van der Waals surface area contributed by atoms with Crippen LogP contribution in [0.5, 0.6) is 5.75 Å². The number of nitrogen functional groups attached to an aromatic ring is 1. The van der Waals surface area contributed by atoms with Gasteiger partial charge in [-0.05, 0) is 13.0 Å². The second kappa shape index (κ2) is 6.72. The molecule has 6 heteroatoms. The van der Waals surface area contributed by atoms with Crippen molar-refractivity contribution in [1.82, 2.24) is 0 Å². The average Bonchev–Trinajstić information content (AvgIpc) is 2.10. The van der Waals surface area contributed by atoms with Crippen molar-refractivity contribution in [3.05, 3.63) is 22.7 Å². The van der Waals surface area contributed by atoms with Crippen molar-refractivity contribution >= 4 is 23.3 Å². The Hall–Kier alpha value is 0.216. The number of ether oxygens (including phenoxy) is 1. The van der Waals surface area contributed by atoms with Gasteiger partial charge in [-0.1, -0.05) is 11.6 Å². The van der Waals surface area contributed by atoms with Gasteiger partial charge in [-0.25, -0.2) is 4.79 Å². The van der Waals surface area contributed by atoms with Gasteiger partial charge in [0.2, 0.25) is 0 Å². The van der Waals surface area contributed by atoms with Crippen molar-refractivity contribution in [2.75, 3.05) is 12.3 Å². The van der Waals surface area contributed by atoms with Gasteiger partial charge in [0.25, 0.3) is 0 Å². The Morgan fingerprint density at radius 2 is 2.27 bits per heavy atom. The van der Waals surface area contributed by atoms with Crippen molar-refractivity contribution in [3.63, 3.8) is 0 Å². The number of hydrogen-bond donors (Lipinski definition) is 2. The van der Waals surface area contributed by atoms with Gasteiger partial charge in [0.15, 0.2) is 0 Å². The summed E-state index contributed by atoms with van der Waals surface area (Å²) in [6.45, 7) is 2.26. The number of anilines is 1. The van der Waals surface area contributed by atoms with Gasteiger partial charge in [0.05, 0.1) is 22.9 Å². The van der Waals surface area contributed by atoms with Crippen LogP contribution in [0.25, 0.3) is 0 Å². The number of halogens is 1. The van der Waals surface area contributed by atoms with Gasteiger partial charge in [0, 0.05) is 6.07 Å². The molecule has 0 bridgehead atoms. The molecule has 1 aromatic carbocycles. The first-order valence-corrected chi connectivity index (χ1v) is 4.39. The fourth-order valence-electron chi connectivity index (χ4n) is 1.02. The quantitative estimate of drug-likeness (QED) is 0.544. The van der Waals surface area contributed by atoms with Crippen LogP contribution in [-0.4, -0.2) is 17.7 Å². The van der Waals surface area contributed by atoms with Crippen LogP contribution in [0.4, 0.5) is 5.69 Å². The Labute approximate surface area is 137 Å². The summed E-state index contributed by atoms with van der Waals surface area (Å²) in [7, 11) is 0. The number of hydrogen-bond acceptors (Lipinski definition) is 3. The summed E-state index contributed by atoms with van der Waals surface area (Å²) in [6, 6.07) is 2.69. The topological polar surface area (TPSA) is 72.5 Å². The summed E-state index contributed by atoms with van der Waals surface area (Å²) in [5.74, 6) is -0.702. The minimum Gasteiger partial charge on any atom is -1.00 e. The van der Waals surface area contributed by atoms with E-state index in [1.54, 1.807) is 6.92 Å². The second-order valence-corrected chi connectivity index (χ2v) is 3.02. The normalized spacial score (nSPS) is 9.20. The zero-order valence-corrected chi connectivity index (χ0v) is 12.5. The molecule has 4 nitrogen and oxygen atoms in total. The van der Waals surface area contributed by atoms with Crippen molar-refractivity contribution in [2.45, 2.75) is 6.92 Å². The Morgan fingerprint density at radius 1 is 1.67 bits per heavy atom. The summed E-state index contributed by atoms with van der Waals surface area (Å²) in [5.41, 5.74) is 5.82. The maximum absolute atomic E-state index is 10.7. The minimum absolute atomic E-state index is 0. The maximum Gasteiger partial charge on any atom is 1.00 e. The number of carboxylic acid groups (broad SMARTS) is 1. The Balaban J connectivity index is 0. The number of carboxylic acids is 1. The van der Waals surface area contributed by atoms with E-state index in [4.69, 9.17) is 27.2 Å². The van der Waals surface area contributed by atoms with E-state index in [9.17, 15) is 4.79 Å². The fourth-order valence-corrected chi connectivity index (χ4v) is 1.25. The van der Waals surface area contributed by atoms with E-state index in [0.29, 0.717) is 12.4 Å². The van der Waals surface area contributed by atoms with E-state index in [2.05, 4.69) is 0 Å². The minimum atomic E-state index is -1.11. The third kappa shape index (κ3) is 3.94. The van der Waals surface area contributed by atoms with E-state index in [-0.39, 0.29) is 69.1 Å². The zero-order chi connectivity index (χ0) is 10.7. The van der Waals surface area contributed by atoms with Crippen molar-refractivity contribution < 1.29 is 67.4 Å². The Kier molecular flexibility index (Phi) is 6.82. The molecule has 15 heavy (non-hydrogen) atoms. The van der Waals surface area contributed by atoms with E-state index >= 15 is 0 Å². The molecular weight excluding hydrogens is 245 g/mol. The molecule has 78 valence electrons. The number of aromatic carboxylic acids is 1. The summed E-state index contributed by atoms with van der Waals surface area (Å²) in [6.07, 6.45) is 0. The molecule has 1 aromatic rings. The Morgan fingerprint density at radius 3 is 2.73 bits per heavy atom. The van der Waals surface area contributed by atoms with Crippen molar-refractivity contribution in [1.29, 1.82) is 0 Å². The molecule has 0 fully saturated rings. The van der Waals surface area contributed by atoms with Crippen molar-refractivity contribution in [2.24, 2.45) is 0 Å². The van der Waals surface area contributed by atoms with Gasteiger partial charge in [-0.3, -0.25) is 0 Å². The molecule has 0 atom stereocenters. The molecule has 1 rings (SSSR count). The molecule has 0 heterocycles. The van der Waals surface area contributed by atoms with Crippen LogP contribution < -0.4 is 61.9 Å². The molecular formula is C9H11ClKNO3. The molecule has 0 aliphatic carbocycles. The molecule has 0 aromatic heterocycles. The van der Waals surface area contributed by atoms with Crippen LogP contribution in [-0.2, 0) is 0 Å². The molecule has 3 N–H and O–H groups in total. The number of rotatable bonds is 3. The molecule has 0 aliphatic rings. The van der Waals surface area contributed by atoms with Gasteiger partial charge in [-0.2, -0.15) is 0 Å². The number of nitrogens with two attached hydrogens (primary N) is 1. The molecule has 0 saturated carbocycles. The van der Waals surface area contributed by atoms with Crippen molar-refractivity contribution in [3.8, 4) is 5.75 Å². The van der Waals surface area contributed by atoms with E-state index in [1.807, 2.05) is 0 Å². The average molecular weight is 256 g/mol. The Bertz CT molecular complexity index is 376. The van der Waals surface area contributed by atoms with Gasteiger partial charge >= 0.3 is 57.4 Å². The zero-order valence-electron chi connectivity index (χ0n) is 9.58. The third-order valence-corrected chi connectivity index (χ3v) is 1.94. The van der Waals surface area contributed by atoms with Gasteiger partial charge in [0.1, 0.15) is 5.75 Å². The maximum atomic E-state index is 10.7. The fraction of sp³-hybridized carbons (Fsp3) is 0.222. The SMILES string of the molecule is CCOc1cc(Cl)c(C(=O)O)cc1N.[H-].[K+]. The van der Waals surface area contributed by atoms with Gasteiger partial charge in [-0.15, -0.1) is 0 Å². The molecule has 0 unspecified atom stereocenters. The van der Waals surface area contributed by atoms with Gasteiger partial charge < -0.3 is 17.0 Å². The predicted molar refractivity (Wildman–Crippen MR) is 55.1 cm³/mol. The van der Waals surface area contributed by atoms with E-state index < -0.39 is 5.97 Å². The van der Waals surface area contributed by atoms with E-state index in [0.717, 1.165) is 0 Å². The summed E-state index contributed by atoms with van der Waals surface area (Å²) < 4.78 is 5.15. The van der Waals surface area contributed by atoms with Crippen LogP contribution in [0, 0.1) is 0 Å². The number of benzene rings is 1. The van der Waals surface area contributed by atoms with Crippen LogP contribution in [0.3, 0.4) is 0 Å². The summed E-state index contributed by atoms with van der Waals surface area (Å²) >= 11 is 5.72. The molecule has 0 amide bonds. The molecule has 0 spiro atoms. The third-order valence-electron chi connectivity index (χ3n) is 1.63. The smallest absolute Gasteiger partial charge is 1.00 e. The van der Waals surface area contributed by atoms with E-state index in [1.165, 1.54) is 12.1 Å².